The van der Waals surface area contributed by atoms with Crippen molar-refractivity contribution < 1.29 is 19.4 Å². The molecule has 2 heterocycles. The Bertz CT molecular complexity index is 1120. The predicted molar refractivity (Wildman–Crippen MR) is 126 cm³/mol. The molecule has 0 saturated heterocycles. The number of nitrogens with zero attached hydrogens (tertiary/aromatic N) is 4. The second kappa shape index (κ2) is 9.31. The molecule has 1 aromatic heterocycles. The Morgan fingerprint density at radius 1 is 1.22 bits per heavy atom. The number of carboxylic acids is 1. The minimum absolute atomic E-state index is 0.233. The normalized spacial score (nSPS) is 17.7. The Morgan fingerprint density at radius 3 is 2.66 bits per heavy atom. The molecule has 32 heavy (non-hydrogen) atoms. The third-order valence-corrected chi connectivity index (χ3v) is 6.03. The first-order chi connectivity index (χ1) is 15.4. The molecule has 1 aliphatic rings. The maximum atomic E-state index is 11.6. The zero-order valence-electron chi connectivity index (χ0n) is 17.5. The van der Waals surface area contributed by atoms with Gasteiger partial charge in [0.15, 0.2) is 17.0 Å². The second-order valence-electron chi connectivity index (χ2n) is 7.30. The van der Waals surface area contributed by atoms with Crippen molar-refractivity contribution in [3.8, 4) is 11.4 Å². The molecule has 2 atom stereocenters. The van der Waals surface area contributed by atoms with Crippen molar-refractivity contribution >= 4 is 42.6 Å². The van der Waals surface area contributed by atoms with E-state index in [1.807, 2.05) is 42.5 Å². The van der Waals surface area contributed by atoms with Gasteiger partial charge in [-0.25, -0.2) is 4.79 Å². The van der Waals surface area contributed by atoms with E-state index in [1.54, 1.807) is 23.6 Å². The highest BCUT2D eigenvalue weighted by molar-refractivity contribution is 7.80. The van der Waals surface area contributed by atoms with Crippen molar-refractivity contribution in [1.29, 1.82) is 0 Å². The summed E-state index contributed by atoms with van der Waals surface area (Å²) in [5.74, 6) is -0.209. The number of carboxylic acid groups (broad SMARTS) is 1. The predicted octanol–water partition coefficient (Wildman–Crippen LogP) is 3.27. The van der Waals surface area contributed by atoms with Crippen LogP contribution < -0.4 is 15.0 Å². The average Bonchev–Trinajstić information content (AvgIpc) is 3.12. The van der Waals surface area contributed by atoms with Crippen LogP contribution in [0.4, 0.5) is 11.4 Å². The lowest BCUT2D eigenvalue weighted by atomic mass is 9.93. The molecule has 0 bridgehead atoms. The number of carbonyl (C=O) groups is 1. The Labute approximate surface area is 196 Å². The summed E-state index contributed by atoms with van der Waals surface area (Å²) in [6.45, 7) is 0.233. The van der Waals surface area contributed by atoms with Gasteiger partial charge in [0.05, 0.1) is 11.8 Å². The van der Waals surface area contributed by atoms with Gasteiger partial charge in [0, 0.05) is 37.5 Å². The van der Waals surface area contributed by atoms with E-state index in [0.29, 0.717) is 22.5 Å². The Balaban J connectivity index is 1.46. The van der Waals surface area contributed by atoms with Gasteiger partial charge >= 0.3 is 5.97 Å². The van der Waals surface area contributed by atoms with E-state index in [2.05, 4.69) is 40.8 Å². The van der Waals surface area contributed by atoms with Crippen molar-refractivity contribution in [2.24, 2.45) is 0 Å². The number of thiol groups is 2. The number of hydrogen-bond acceptors (Lipinski definition) is 9. The lowest BCUT2D eigenvalue weighted by molar-refractivity contribution is -0.139. The molecule has 0 amide bonds. The monoisotopic (exact) mass is 473 g/mol. The molecular formula is C21H23N5O4S2. The molecule has 2 N–H and O–H groups in total. The third-order valence-electron chi connectivity index (χ3n) is 5.45. The molecule has 3 aromatic rings. The van der Waals surface area contributed by atoms with Gasteiger partial charge in [-0.3, -0.25) is 4.57 Å². The van der Waals surface area contributed by atoms with Crippen LogP contribution in [0.1, 0.15) is 18.1 Å². The van der Waals surface area contributed by atoms with Crippen LogP contribution in [0.15, 0.2) is 52.8 Å². The van der Waals surface area contributed by atoms with E-state index in [1.165, 1.54) is 0 Å². The zero-order chi connectivity index (χ0) is 22.8. The number of likely N-dealkylation sites (N-methyl/N-ethyl adjacent to an activating group) is 1. The first-order valence-corrected chi connectivity index (χ1v) is 10.7. The molecule has 0 aliphatic carbocycles. The Hall–Kier alpha value is -2.89. The Morgan fingerprint density at radius 2 is 1.97 bits per heavy atom. The summed E-state index contributed by atoms with van der Waals surface area (Å²) in [7, 11) is 3.36. The van der Waals surface area contributed by atoms with Crippen molar-refractivity contribution in [1.82, 2.24) is 14.8 Å². The molecule has 0 fully saturated rings. The average molecular weight is 474 g/mol. The minimum atomic E-state index is -0.867. The van der Waals surface area contributed by atoms with Crippen LogP contribution in [0, 0.1) is 0 Å². The number of methoxy groups -OCH3 is 1. The summed E-state index contributed by atoms with van der Waals surface area (Å²) in [5.41, 5.74) is 3.39. The second-order valence-corrected chi connectivity index (χ2v) is 8.10. The molecule has 4 rings (SSSR count). The van der Waals surface area contributed by atoms with E-state index < -0.39 is 12.0 Å². The number of fused-ring (bicyclic) bond motifs is 1. The van der Waals surface area contributed by atoms with Crippen LogP contribution in [0.5, 0.6) is 5.75 Å². The third kappa shape index (κ3) is 4.36. The standard InChI is InChI=1S/C21H23N5O4S2/c1-25-16-7-6-14(9-15(16)18(29-2)10-17(25)19(27)28)30-11-22-12-4-3-5-13(8-12)26-20(31)23-24-21(26)32/h3-9,17-18,22H,10-11H2,1-2H3,(H,23,31)(H,24,32)(H,27,28). The van der Waals surface area contributed by atoms with Gasteiger partial charge in [0.1, 0.15) is 11.8 Å². The summed E-state index contributed by atoms with van der Waals surface area (Å²) in [6, 6.07) is 12.6. The maximum absolute atomic E-state index is 11.6. The fourth-order valence-electron chi connectivity index (χ4n) is 3.80. The smallest absolute Gasteiger partial charge is 0.326 e. The summed E-state index contributed by atoms with van der Waals surface area (Å²) in [4.78, 5) is 13.3. The summed E-state index contributed by atoms with van der Waals surface area (Å²) in [5, 5.41) is 21.4. The van der Waals surface area contributed by atoms with Crippen LogP contribution in [0.3, 0.4) is 0 Å². The van der Waals surface area contributed by atoms with Crippen LogP contribution in [0.25, 0.3) is 5.69 Å². The van der Waals surface area contributed by atoms with Crippen molar-refractivity contribution in [3.63, 3.8) is 0 Å². The van der Waals surface area contributed by atoms with E-state index in [0.717, 1.165) is 22.6 Å². The summed E-state index contributed by atoms with van der Waals surface area (Å²) < 4.78 is 13.2. The highest BCUT2D eigenvalue weighted by atomic mass is 32.1. The number of aromatic nitrogens is 3. The number of nitrogens with one attached hydrogen (secondary N) is 1. The topological polar surface area (TPSA) is 102 Å². The van der Waals surface area contributed by atoms with Crippen LogP contribution >= 0.6 is 25.3 Å². The van der Waals surface area contributed by atoms with Crippen molar-refractivity contribution in [2.75, 3.05) is 31.1 Å². The number of anilines is 2. The molecule has 1 aliphatic heterocycles. The fourth-order valence-corrected chi connectivity index (χ4v) is 4.39. The Kier molecular flexibility index (Phi) is 6.49. The first kappa shape index (κ1) is 22.3. The quantitative estimate of drug-likeness (QED) is 0.306. The highest BCUT2D eigenvalue weighted by Crippen LogP contribution is 2.40. The number of benzene rings is 2. The van der Waals surface area contributed by atoms with Crippen LogP contribution in [-0.4, -0.2) is 52.8 Å². The van der Waals surface area contributed by atoms with Gasteiger partial charge in [-0.1, -0.05) is 6.07 Å². The summed E-state index contributed by atoms with van der Waals surface area (Å²) in [6.07, 6.45) is 0.0536. The van der Waals surface area contributed by atoms with Crippen LogP contribution in [0.2, 0.25) is 0 Å². The van der Waals surface area contributed by atoms with Crippen molar-refractivity contribution in [2.45, 2.75) is 28.9 Å². The van der Waals surface area contributed by atoms with Gasteiger partial charge in [0.25, 0.3) is 0 Å². The molecule has 2 unspecified atom stereocenters. The molecule has 0 radical (unpaired) electrons. The lowest BCUT2D eigenvalue weighted by Gasteiger charge is -2.37. The molecule has 2 aromatic carbocycles. The largest absolute Gasteiger partial charge is 0.480 e. The molecule has 0 saturated carbocycles. The van der Waals surface area contributed by atoms with E-state index in [4.69, 9.17) is 9.47 Å². The van der Waals surface area contributed by atoms with E-state index in [-0.39, 0.29) is 12.8 Å². The number of hydrogen-bond donors (Lipinski definition) is 4. The number of aliphatic carboxylic acids is 1. The zero-order valence-corrected chi connectivity index (χ0v) is 19.3. The SMILES string of the molecule is COC1CC(C(=O)O)N(C)c2ccc(OCNc3cccc(-n4c(S)nnc4S)c3)cc21. The van der Waals surface area contributed by atoms with Gasteiger partial charge in [-0.15, -0.1) is 35.5 Å². The van der Waals surface area contributed by atoms with Crippen molar-refractivity contribution in [3.05, 3.63) is 48.0 Å². The molecule has 9 nitrogen and oxygen atoms in total. The molecule has 0 spiro atoms. The van der Waals surface area contributed by atoms with E-state index >= 15 is 0 Å². The van der Waals surface area contributed by atoms with Crippen LogP contribution in [-0.2, 0) is 9.53 Å². The van der Waals surface area contributed by atoms with E-state index in [9.17, 15) is 9.90 Å². The number of rotatable bonds is 7. The first-order valence-electron chi connectivity index (χ1n) is 9.82. The minimum Gasteiger partial charge on any atom is -0.480 e. The van der Waals surface area contributed by atoms with Gasteiger partial charge in [-0.2, -0.15) is 0 Å². The molecule has 11 heteroatoms. The molecule has 168 valence electrons. The summed E-state index contributed by atoms with van der Waals surface area (Å²) >= 11 is 8.62. The maximum Gasteiger partial charge on any atom is 0.326 e. The van der Waals surface area contributed by atoms with Gasteiger partial charge in [-0.05, 0) is 36.4 Å². The van der Waals surface area contributed by atoms with Gasteiger partial charge < -0.3 is 24.8 Å². The highest BCUT2D eigenvalue weighted by Gasteiger charge is 2.35. The van der Waals surface area contributed by atoms with Gasteiger partial charge in [0.2, 0.25) is 0 Å². The fraction of sp³-hybridized carbons (Fsp3) is 0.286. The lowest BCUT2D eigenvalue weighted by Crippen LogP contribution is -2.43. The molecular weight excluding hydrogens is 450 g/mol. The number of ether oxygens (including phenoxy) is 2.